The number of nitrogens with one attached hydrogen (secondary N) is 1. The van der Waals surface area contributed by atoms with Crippen molar-refractivity contribution >= 4 is 11.5 Å². The molecule has 0 amide bonds. The summed E-state index contributed by atoms with van der Waals surface area (Å²) in [4.78, 5) is 25.2. The molecular formula is C18H22N6O. The number of para-hydroxylation sites is 1. The van der Waals surface area contributed by atoms with E-state index in [1.54, 1.807) is 6.07 Å². The third-order valence-corrected chi connectivity index (χ3v) is 4.73. The molecule has 1 aromatic carbocycles. The molecule has 2 aromatic heterocycles. The van der Waals surface area contributed by atoms with Gasteiger partial charge in [-0.25, -0.2) is 9.97 Å². The summed E-state index contributed by atoms with van der Waals surface area (Å²) >= 11 is 0. The van der Waals surface area contributed by atoms with Gasteiger partial charge in [-0.05, 0) is 31.5 Å². The SMILES string of the molecule is CN(Cc1cc(=O)n2[nH]cnc2n1)CC1CCN(c2ccccc2)C1. The van der Waals surface area contributed by atoms with Gasteiger partial charge in [0.1, 0.15) is 6.33 Å². The summed E-state index contributed by atoms with van der Waals surface area (Å²) in [7, 11) is 2.08. The number of rotatable bonds is 5. The quantitative estimate of drug-likeness (QED) is 0.761. The van der Waals surface area contributed by atoms with E-state index in [1.807, 2.05) is 0 Å². The maximum Gasteiger partial charge on any atom is 0.274 e. The Morgan fingerprint density at radius 1 is 1.32 bits per heavy atom. The Hall–Kier alpha value is -2.67. The van der Waals surface area contributed by atoms with Gasteiger partial charge in [-0.1, -0.05) is 18.2 Å². The van der Waals surface area contributed by atoms with Crippen LogP contribution in [0.1, 0.15) is 12.1 Å². The number of hydrogen-bond donors (Lipinski definition) is 1. The highest BCUT2D eigenvalue weighted by atomic mass is 16.1. The van der Waals surface area contributed by atoms with E-state index in [0.29, 0.717) is 18.2 Å². The fraction of sp³-hybridized carbons (Fsp3) is 0.389. The first-order valence-electron chi connectivity index (χ1n) is 8.59. The highest BCUT2D eigenvalue weighted by Gasteiger charge is 2.23. The van der Waals surface area contributed by atoms with Gasteiger partial charge in [0.05, 0.1) is 5.69 Å². The number of fused-ring (bicyclic) bond motifs is 1. The summed E-state index contributed by atoms with van der Waals surface area (Å²) in [5.41, 5.74) is 1.94. The Morgan fingerprint density at radius 3 is 3.00 bits per heavy atom. The summed E-state index contributed by atoms with van der Waals surface area (Å²) in [6.07, 6.45) is 2.67. The van der Waals surface area contributed by atoms with Crippen molar-refractivity contribution in [1.29, 1.82) is 0 Å². The monoisotopic (exact) mass is 338 g/mol. The Labute approximate surface area is 145 Å². The summed E-state index contributed by atoms with van der Waals surface area (Å²) in [5, 5.41) is 2.76. The molecule has 25 heavy (non-hydrogen) atoms. The topological polar surface area (TPSA) is 69.5 Å². The van der Waals surface area contributed by atoms with Crippen molar-refractivity contribution in [3.05, 3.63) is 58.8 Å². The molecular weight excluding hydrogens is 316 g/mol. The van der Waals surface area contributed by atoms with Crippen molar-refractivity contribution in [3.63, 3.8) is 0 Å². The predicted molar refractivity (Wildman–Crippen MR) is 96.7 cm³/mol. The molecule has 1 fully saturated rings. The molecule has 1 aliphatic rings. The molecule has 1 unspecified atom stereocenters. The number of nitrogens with zero attached hydrogens (tertiary/aromatic N) is 5. The van der Waals surface area contributed by atoms with Gasteiger partial charge >= 0.3 is 0 Å². The highest BCUT2D eigenvalue weighted by Crippen LogP contribution is 2.24. The van der Waals surface area contributed by atoms with Crippen molar-refractivity contribution in [3.8, 4) is 0 Å². The average molecular weight is 338 g/mol. The molecule has 0 spiro atoms. The maximum absolute atomic E-state index is 12.0. The van der Waals surface area contributed by atoms with Gasteiger partial charge in [0.2, 0.25) is 0 Å². The molecule has 1 N–H and O–H groups in total. The Balaban J connectivity index is 1.37. The van der Waals surface area contributed by atoms with Crippen LogP contribution in [0.2, 0.25) is 0 Å². The van der Waals surface area contributed by atoms with Crippen molar-refractivity contribution in [2.45, 2.75) is 13.0 Å². The summed E-state index contributed by atoms with van der Waals surface area (Å²) in [5.74, 6) is 1.05. The minimum absolute atomic E-state index is 0.123. The number of aromatic nitrogens is 4. The molecule has 7 heteroatoms. The number of anilines is 1. The normalized spacial score (nSPS) is 17.7. The van der Waals surface area contributed by atoms with E-state index in [-0.39, 0.29) is 5.56 Å². The van der Waals surface area contributed by atoms with E-state index in [2.05, 4.69) is 62.2 Å². The van der Waals surface area contributed by atoms with Crippen LogP contribution in [-0.2, 0) is 6.54 Å². The van der Waals surface area contributed by atoms with Gasteiger partial charge in [-0.3, -0.25) is 9.89 Å². The van der Waals surface area contributed by atoms with E-state index < -0.39 is 0 Å². The van der Waals surface area contributed by atoms with E-state index in [9.17, 15) is 4.79 Å². The second kappa shape index (κ2) is 6.68. The fourth-order valence-corrected chi connectivity index (χ4v) is 3.59. The van der Waals surface area contributed by atoms with E-state index in [0.717, 1.165) is 25.3 Å². The minimum atomic E-state index is -0.123. The van der Waals surface area contributed by atoms with Gasteiger partial charge in [0.15, 0.2) is 0 Å². The zero-order valence-corrected chi connectivity index (χ0v) is 14.3. The fourth-order valence-electron chi connectivity index (χ4n) is 3.59. The first-order valence-corrected chi connectivity index (χ1v) is 8.59. The van der Waals surface area contributed by atoms with Crippen LogP contribution >= 0.6 is 0 Å². The molecule has 0 radical (unpaired) electrons. The van der Waals surface area contributed by atoms with Crippen LogP contribution in [0.5, 0.6) is 0 Å². The standard InChI is InChI=1S/C18H22N6O/c1-22(12-15-9-17(25)24-18(21-15)19-13-20-24)10-14-7-8-23(11-14)16-5-3-2-4-6-16/h2-6,9,13-14H,7-8,10-12H2,1H3,(H,19,20,21). The first-order chi connectivity index (χ1) is 12.2. The first kappa shape index (κ1) is 15.8. The van der Waals surface area contributed by atoms with Gasteiger partial charge < -0.3 is 9.80 Å². The second-order valence-electron chi connectivity index (χ2n) is 6.74. The molecule has 3 heterocycles. The zero-order chi connectivity index (χ0) is 17.2. The van der Waals surface area contributed by atoms with Crippen molar-refractivity contribution < 1.29 is 0 Å². The largest absolute Gasteiger partial charge is 0.371 e. The van der Waals surface area contributed by atoms with Crippen molar-refractivity contribution in [2.24, 2.45) is 5.92 Å². The van der Waals surface area contributed by atoms with E-state index >= 15 is 0 Å². The molecule has 1 saturated heterocycles. The Kier molecular flexibility index (Phi) is 4.23. The highest BCUT2D eigenvalue weighted by molar-refractivity contribution is 5.46. The maximum atomic E-state index is 12.0. The van der Waals surface area contributed by atoms with Crippen molar-refractivity contribution in [1.82, 2.24) is 24.5 Å². The Bertz CT molecular complexity index is 903. The van der Waals surface area contributed by atoms with Gasteiger partial charge in [-0.2, -0.15) is 4.52 Å². The lowest BCUT2D eigenvalue weighted by molar-refractivity contribution is 0.276. The lowest BCUT2D eigenvalue weighted by Gasteiger charge is -2.22. The smallest absolute Gasteiger partial charge is 0.274 e. The van der Waals surface area contributed by atoms with Crippen molar-refractivity contribution in [2.75, 3.05) is 31.6 Å². The van der Waals surface area contributed by atoms with Crippen LogP contribution in [0.25, 0.3) is 5.78 Å². The summed E-state index contributed by atoms with van der Waals surface area (Å²) in [6.45, 7) is 3.82. The molecule has 130 valence electrons. The van der Waals surface area contributed by atoms with Crippen LogP contribution in [0.15, 0.2) is 47.5 Å². The average Bonchev–Trinajstić information content (AvgIpc) is 3.25. The van der Waals surface area contributed by atoms with Crippen LogP contribution in [0.4, 0.5) is 5.69 Å². The number of aromatic amines is 1. The summed E-state index contributed by atoms with van der Waals surface area (Å²) in [6, 6.07) is 12.1. The third kappa shape index (κ3) is 3.41. The Morgan fingerprint density at radius 2 is 2.16 bits per heavy atom. The van der Waals surface area contributed by atoms with E-state index in [4.69, 9.17) is 0 Å². The minimum Gasteiger partial charge on any atom is -0.371 e. The number of benzene rings is 1. The molecule has 3 aromatic rings. The van der Waals surface area contributed by atoms with Crippen LogP contribution in [0, 0.1) is 5.92 Å². The number of H-pyrrole nitrogens is 1. The van der Waals surface area contributed by atoms with Gasteiger partial charge in [0, 0.05) is 37.9 Å². The van der Waals surface area contributed by atoms with Crippen LogP contribution < -0.4 is 10.5 Å². The number of hydrogen-bond acceptors (Lipinski definition) is 5. The lowest BCUT2D eigenvalue weighted by Crippen LogP contribution is -2.29. The molecule has 1 aliphatic heterocycles. The molecule has 0 saturated carbocycles. The van der Waals surface area contributed by atoms with Crippen LogP contribution in [0.3, 0.4) is 0 Å². The van der Waals surface area contributed by atoms with E-state index in [1.165, 1.54) is 23.0 Å². The van der Waals surface area contributed by atoms with Crippen LogP contribution in [-0.4, -0.2) is 51.2 Å². The molecule has 4 rings (SSSR count). The third-order valence-electron chi connectivity index (χ3n) is 4.73. The lowest BCUT2D eigenvalue weighted by atomic mass is 10.1. The predicted octanol–water partition coefficient (Wildman–Crippen LogP) is 1.38. The molecule has 0 bridgehead atoms. The molecule has 0 aliphatic carbocycles. The molecule has 1 atom stereocenters. The second-order valence-corrected chi connectivity index (χ2v) is 6.74. The molecule has 7 nitrogen and oxygen atoms in total. The van der Waals surface area contributed by atoms with Gasteiger partial charge in [-0.15, -0.1) is 0 Å². The van der Waals surface area contributed by atoms with Gasteiger partial charge in [0.25, 0.3) is 11.3 Å². The summed E-state index contributed by atoms with van der Waals surface area (Å²) < 4.78 is 1.35. The zero-order valence-electron chi connectivity index (χ0n) is 14.3.